The zero-order valence-corrected chi connectivity index (χ0v) is 11.0. The monoisotopic (exact) mass is 258 g/mol. The van der Waals surface area contributed by atoms with Crippen molar-refractivity contribution in [2.45, 2.75) is 6.54 Å². The van der Waals surface area contributed by atoms with Gasteiger partial charge in [0.05, 0.1) is 6.61 Å². The molecule has 4 nitrogen and oxygen atoms in total. The van der Waals surface area contributed by atoms with Gasteiger partial charge in [-0.2, -0.15) is 0 Å². The van der Waals surface area contributed by atoms with Gasteiger partial charge >= 0.3 is 0 Å². The summed E-state index contributed by atoms with van der Waals surface area (Å²) >= 11 is 0. The molecule has 0 saturated carbocycles. The summed E-state index contributed by atoms with van der Waals surface area (Å²) in [7, 11) is 1.66. The average Bonchev–Trinajstić information content (AvgIpc) is 2.48. The zero-order chi connectivity index (χ0) is 13.5. The molecule has 0 unspecified atom stereocenters. The predicted molar refractivity (Wildman–Crippen MR) is 74.9 cm³/mol. The first kappa shape index (κ1) is 13.5. The van der Waals surface area contributed by atoms with Crippen molar-refractivity contribution in [1.82, 2.24) is 4.98 Å². The number of para-hydroxylation sites is 1. The summed E-state index contributed by atoms with van der Waals surface area (Å²) in [6.07, 6.45) is 3.59. The number of hydrogen-bond acceptors (Lipinski definition) is 4. The van der Waals surface area contributed by atoms with Crippen molar-refractivity contribution in [3.05, 3.63) is 48.3 Å². The molecule has 19 heavy (non-hydrogen) atoms. The Morgan fingerprint density at radius 3 is 2.79 bits per heavy atom. The van der Waals surface area contributed by atoms with Gasteiger partial charge in [-0.3, -0.25) is 4.98 Å². The fourth-order valence-electron chi connectivity index (χ4n) is 1.81. The normalized spacial score (nSPS) is 10.4. The molecule has 0 atom stereocenters. The Kier molecular flexibility index (Phi) is 4.89. The fraction of sp³-hybridized carbons (Fsp3) is 0.267. The van der Waals surface area contributed by atoms with Gasteiger partial charge in [-0.1, -0.05) is 18.2 Å². The first-order valence-corrected chi connectivity index (χ1v) is 6.20. The van der Waals surface area contributed by atoms with Crippen LogP contribution in [0.4, 0.5) is 0 Å². The molecule has 0 aliphatic heterocycles. The van der Waals surface area contributed by atoms with Crippen molar-refractivity contribution in [1.29, 1.82) is 0 Å². The van der Waals surface area contributed by atoms with Crippen molar-refractivity contribution in [3.8, 4) is 16.9 Å². The van der Waals surface area contributed by atoms with E-state index in [1.165, 1.54) is 0 Å². The Bertz CT molecular complexity index is 529. The number of nitrogens with zero attached hydrogens (tertiary/aromatic N) is 1. The van der Waals surface area contributed by atoms with E-state index in [-0.39, 0.29) is 0 Å². The molecule has 2 N–H and O–H groups in total. The number of methoxy groups -OCH3 is 1. The maximum absolute atomic E-state index is 5.72. The predicted octanol–water partition coefficient (Wildman–Crippen LogP) is 2.23. The van der Waals surface area contributed by atoms with Gasteiger partial charge in [0.2, 0.25) is 0 Å². The van der Waals surface area contributed by atoms with Crippen LogP contribution in [0.15, 0.2) is 42.7 Å². The van der Waals surface area contributed by atoms with E-state index < -0.39 is 0 Å². The lowest BCUT2D eigenvalue weighted by atomic mass is 10.1. The molecule has 2 rings (SSSR count). The molecule has 0 fully saturated rings. The summed E-state index contributed by atoms with van der Waals surface area (Å²) in [5.74, 6) is 0.829. The van der Waals surface area contributed by atoms with E-state index in [1.807, 2.05) is 36.5 Å². The number of pyridine rings is 1. The smallest absolute Gasteiger partial charge is 0.127 e. The largest absolute Gasteiger partial charge is 0.491 e. The number of hydrogen-bond donors (Lipinski definition) is 1. The number of ether oxygens (including phenoxy) is 2. The molecule has 0 aliphatic carbocycles. The third-order valence-electron chi connectivity index (χ3n) is 2.77. The number of aromatic nitrogens is 1. The Morgan fingerprint density at radius 1 is 1.16 bits per heavy atom. The Balaban J connectivity index is 2.27. The second kappa shape index (κ2) is 6.87. The second-order valence-electron chi connectivity index (χ2n) is 4.12. The van der Waals surface area contributed by atoms with Gasteiger partial charge in [-0.05, 0) is 17.7 Å². The average molecular weight is 258 g/mol. The lowest BCUT2D eigenvalue weighted by Gasteiger charge is -2.11. The van der Waals surface area contributed by atoms with Crippen molar-refractivity contribution in [2.75, 3.05) is 20.3 Å². The summed E-state index contributed by atoms with van der Waals surface area (Å²) in [5.41, 5.74) is 8.67. The van der Waals surface area contributed by atoms with Crippen LogP contribution in [0.3, 0.4) is 0 Å². The SMILES string of the molecule is COCCOc1ccccc1-c1cncc(CN)c1. The van der Waals surface area contributed by atoms with Crippen LogP contribution in [-0.2, 0) is 11.3 Å². The molecule has 0 bridgehead atoms. The molecule has 4 heteroatoms. The zero-order valence-electron chi connectivity index (χ0n) is 11.0. The fourth-order valence-corrected chi connectivity index (χ4v) is 1.81. The van der Waals surface area contributed by atoms with E-state index in [4.69, 9.17) is 15.2 Å². The summed E-state index contributed by atoms with van der Waals surface area (Å²) in [6.45, 7) is 1.57. The molecular formula is C15H18N2O2. The van der Waals surface area contributed by atoms with Gasteiger partial charge in [0.25, 0.3) is 0 Å². The quantitative estimate of drug-likeness (QED) is 0.807. The minimum Gasteiger partial charge on any atom is -0.491 e. The first-order valence-electron chi connectivity index (χ1n) is 6.20. The van der Waals surface area contributed by atoms with Crippen molar-refractivity contribution in [3.63, 3.8) is 0 Å². The molecule has 0 saturated heterocycles. The molecule has 1 aromatic heterocycles. The van der Waals surface area contributed by atoms with E-state index in [9.17, 15) is 0 Å². The Hall–Kier alpha value is -1.91. The van der Waals surface area contributed by atoms with Crippen molar-refractivity contribution in [2.24, 2.45) is 5.73 Å². The van der Waals surface area contributed by atoms with Gasteiger partial charge in [0.1, 0.15) is 12.4 Å². The van der Waals surface area contributed by atoms with Crippen LogP contribution in [0.25, 0.3) is 11.1 Å². The molecule has 0 spiro atoms. The topological polar surface area (TPSA) is 57.4 Å². The Morgan fingerprint density at radius 2 is 2.00 bits per heavy atom. The van der Waals surface area contributed by atoms with Gasteiger partial charge in [-0.15, -0.1) is 0 Å². The van der Waals surface area contributed by atoms with E-state index in [1.54, 1.807) is 13.3 Å². The van der Waals surface area contributed by atoms with Crippen LogP contribution in [-0.4, -0.2) is 25.3 Å². The van der Waals surface area contributed by atoms with Crippen LogP contribution in [0.5, 0.6) is 5.75 Å². The van der Waals surface area contributed by atoms with Gasteiger partial charge in [0, 0.05) is 37.2 Å². The molecule has 0 aliphatic rings. The maximum Gasteiger partial charge on any atom is 0.127 e. The summed E-state index contributed by atoms with van der Waals surface area (Å²) in [5, 5.41) is 0. The van der Waals surface area contributed by atoms with Crippen LogP contribution in [0.1, 0.15) is 5.56 Å². The van der Waals surface area contributed by atoms with Crippen LogP contribution < -0.4 is 10.5 Å². The van der Waals surface area contributed by atoms with E-state index >= 15 is 0 Å². The van der Waals surface area contributed by atoms with Crippen LogP contribution >= 0.6 is 0 Å². The summed E-state index contributed by atoms with van der Waals surface area (Å²) in [4.78, 5) is 4.21. The van der Waals surface area contributed by atoms with E-state index in [2.05, 4.69) is 4.98 Å². The molecule has 0 amide bonds. The second-order valence-corrected chi connectivity index (χ2v) is 4.12. The standard InChI is InChI=1S/C15H18N2O2/c1-18-6-7-19-15-5-3-2-4-14(15)13-8-12(9-16)10-17-11-13/h2-5,8,10-11H,6-7,9,16H2,1H3. The molecule has 1 heterocycles. The molecule has 100 valence electrons. The highest BCUT2D eigenvalue weighted by molar-refractivity contribution is 5.70. The summed E-state index contributed by atoms with van der Waals surface area (Å²) < 4.78 is 10.7. The number of rotatable bonds is 6. The lowest BCUT2D eigenvalue weighted by Crippen LogP contribution is -2.05. The summed E-state index contributed by atoms with van der Waals surface area (Å²) in [6, 6.07) is 9.92. The van der Waals surface area contributed by atoms with Crippen molar-refractivity contribution >= 4 is 0 Å². The minimum atomic E-state index is 0.480. The molecule has 0 radical (unpaired) electrons. The van der Waals surface area contributed by atoms with Gasteiger partial charge < -0.3 is 15.2 Å². The minimum absolute atomic E-state index is 0.480. The third-order valence-corrected chi connectivity index (χ3v) is 2.77. The Labute approximate surface area is 113 Å². The number of nitrogens with two attached hydrogens (primary N) is 1. The van der Waals surface area contributed by atoms with Gasteiger partial charge in [-0.25, -0.2) is 0 Å². The van der Waals surface area contributed by atoms with E-state index in [0.717, 1.165) is 22.4 Å². The molecular weight excluding hydrogens is 240 g/mol. The van der Waals surface area contributed by atoms with Gasteiger partial charge in [0.15, 0.2) is 0 Å². The highest BCUT2D eigenvalue weighted by atomic mass is 16.5. The number of benzene rings is 1. The highest BCUT2D eigenvalue weighted by Gasteiger charge is 2.06. The van der Waals surface area contributed by atoms with Crippen LogP contribution in [0.2, 0.25) is 0 Å². The lowest BCUT2D eigenvalue weighted by molar-refractivity contribution is 0.146. The van der Waals surface area contributed by atoms with Crippen LogP contribution in [0, 0.1) is 0 Å². The first-order chi connectivity index (χ1) is 9.35. The molecule has 1 aromatic carbocycles. The molecule has 2 aromatic rings. The maximum atomic E-state index is 5.72. The highest BCUT2D eigenvalue weighted by Crippen LogP contribution is 2.29. The third kappa shape index (κ3) is 3.53. The van der Waals surface area contributed by atoms with Crippen molar-refractivity contribution < 1.29 is 9.47 Å². The van der Waals surface area contributed by atoms with E-state index in [0.29, 0.717) is 19.8 Å².